The van der Waals surface area contributed by atoms with Crippen molar-refractivity contribution < 1.29 is 28.7 Å². The predicted octanol–water partition coefficient (Wildman–Crippen LogP) is 4.01. The maximum atomic E-state index is 14.4. The largest absolute Gasteiger partial charge is 0.444 e. The summed E-state index contributed by atoms with van der Waals surface area (Å²) in [7, 11) is 0. The minimum atomic E-state index is -1.00. The Balaban J connectivity index is 1.38. The van der Waals surface area contributed by atoms with Gasteiger partial charge in [-0.2, -0.15) is 0 Å². The van der Waals surface area contributed by atoms with Crippen molar-refractivity contribution in [3.63, 3.8) is 0 Å². The van der Waals surface area contributed by atoms with Crippen LogP contribution in [0.2, 0.25) is 0 Å². The molecule has 0 aromatic heterocycles. The molecule has 9 heteroatoms. The third-order valence-electron chi connectivity index (χ3n) is 10.9. The number of primary amides is 1. The van der Waals surface area contributed by atoms with Gasteiger partial charge < -0.3 is 20.7 Å². The number of alkyl carbamates (subject to hydrolysis) is 1. The summed E-state index contributed by atoms with van der Waals surface area (Å²) in [4.78, 5) is 67.5. The Hall–Kier alpha value is -2.45. The lowest BCUT2D eigenvalue weighted by molar-refractivity contribution is -0.144. The lowest BCUT2D eigenvalue weighted by Crippen LogP contribution is -2.56. The maximum Gasteiger partial charge on any atom is 0.408 e. The number of hydrogen-bond acceptors (Lipinski definition) is 6. The molecule has 5 fully saturated rings. The number of nitrogens with one attached hydrogen (secondary N) is 1. The van der Waals surface area contributed by atoms with Crippen molar-refractivity contribution in [3.8, 4) is 0 Å². The molecule has 228 valence electrons. The number of Topliss-reactive ketones (excluding diaryl/α,β-unsaturated/α-hetero) is 2. The van der Waals surface area contributed by atoms with E-state index in [1.54, 1.807) is 25.7 Å². The van der Waals surface area contributed by atoms with Gasteiger partial charge in [0.15, 0.2) is 5.78 Å². The Morgan fingerprint density at radius 3 is 2.15 bits per heavy atom. The molecule has 3 amide bonds. The van der Waals surface area contributed by atoms with E-state index in [1.807, 2.05) is 0 Å². The van der Waals surface area contributed by atoms with Gasteiger partial charge in [0.2, 0.25) is 11.7 Å². The minimum Gasteiger partial charge on any atom is -0.444 e. The number of hydrogen-bond donors (Lipinski definition) is 2. The van der Waals surface area contributed by atoms with Crippen molar-refractivity contribution in [2.24, 2.45) is 52.6 Å². The second kappa shape index (κ2) is 11.0. The van der Waals surface area contributed by atoms with Crippen molar-refractivity contribution in [3.05, 3.63) is 0 Å². The third-order valence-corrected chi connectivity index (χ3v) is 10.9. The Morgan fingerprint density at radius 1 is 1.00 bits per heavy atom. The molecule has 4 aliphatic carbocycles. The first-order valence-electron chi connectivity index (χ1n) is 15.8. The molecule has 3 unspecified atom stereocenters. The van der Waals surface area contributed by atoms with E-state index >= 15 is 0 Å². The highest BCUT2D eigenvalue weighted by Crippen LogP contribution is 2.65. The number of carbonyl (C=O) groups is 5. The van der Waals surface area contributed by atoms with Crippen molar-refractivity contribution in [1.82, 2.24) is 10.2 Å². The standard InChI is InChI=1S/C32H49N3O6/c1-31(2,3)41-30(40)34-25(20-13-18-8-6-7-9-19(18)14-20)29(39)35-16-22-24(32(22,4)5)26(35)23(36)15-21(12-17-10-11-17)27(37)28(33)38/h17-22,24-26H,6-16H2,1-5H3,(H2,33,38)(H,34,40)/t18?,19?,20?,21?,22-,24-,25-,26+/m0/s1. The molecule has 0 bridgehead atoms. The van der Waals surface area contributed by atoms with Crippen molar-refractivity contribution in [1.29, 1.82) is 0 Å². The molecule has 3 N–H and O–H groups in total. The zero-order valence-electron chi connectivity index (χ0n) is 25.4. The topological polar surface area (TPSA) is 136 Å². The maximum absolute atomic E-state index is 14.4. The number of rotatable bonds is 10. The first-order chi connectivity index (χ1) is 19.2. The van der Waals surface area contributed by atoms with Crippen LogP contribution in [0.3, 0.4) is 0 Å². The fraction of sp³-hybridized carbons (Fsp3) is 0.844. The summed E-state index contributed by atoms with van der Waals surface area (Å²) in [5.74, 6) is -1.18. The predicted molar refractivity (Wildman–Crippen MR) is 152 cm³/mol. The summed E-state index contributed by atoms with van der Waals surface area (Å²) in [6.45, 7) is 10.1. The normalized spacial score (nSPS) is 33.2. The molecule has 5 rings (SSSR count). The number of nitrogens with zero attached hydrogens (tertiary/aromatic N) is 1. The molecule has 4 saturated carbocycles. The van der Waals surface area contributed by atoms with E-state index < -0.39 is 41.4 Å². The van der Waals surface area contributed by atoms with E-state index in [1.165, 1.54) is 12.8 Å². The molecular formula is C32H49N3O6. The summed E-state index contributed by atoms with van der Waals surface area (Å²) in [6, 6.07) is -1.43. The van der Waals surface area contributed by atoms with Gasteiger partial charge in [-0.05, 0) is 81.0 Å². The van der Waals surface area contributed by atoms with Crippen LogP contribution in [0.5, 0.6) is 0 Å². The van der Waals surface area contributed by atoms with E-state index in [9.17, 15) is 24.0 Å². The Kier molecular flexibility index (Phi) is 8.05. The first kappa shape index (κ1) is 30.0. The zero-order chi connectivity index (χ0) is 29.9. The number of piperidine rings is 1. The number of nitrogens with two attached hydrogens (primary N) is 1. The zero-order valence-corrected chi connectivity index (χ0v) is 25.4. The van der Waals surface area contributed by atoms with Gasteiger partial charge in [-0.3, -0.25) is 19.2 Å². The van der Waals surface area contributed by atoms with E-state index in [4.69, 9.17) is 10.5 Å². The molecule has 5 aliphatic rings. The van der Waals surface area contributed by atoms with Gasteiger partial charge in [0.05, 0.1) is 6.04 Å². The van der Waals surface area contributed by atoms with Crippen LogP contribution in [-0.4, -0.2) is 58.6 Å². The summed E-state index contributed by atoms with van der Waals surface area (Å²) in [5.41, 5.74) is 4.55. The first-order valence-corrected chi connectivity index (χ1v) is 15.8. The van der Waals surface area contributed by atoms with Crippen molar-refractivity contribution in [2.75, 3.05) is 6.54 Å². The fourth-order valence-electron chi connectivity index (χ4n) is 8.53. The summed E-state index contributed by atoms with van der Waals surface area (Å²) < 4.78 is 5.57. The van der Waals surface area contributed by atoms with Crippen LogP contribution in [0, 0.1) is 46.8 Å². The highest BCUT2D eigenvalue weighted by atomic mass is 16.6. The smallest absolute Gasteiger partial charge is 0.408 e. The van der Waals surface area contributed by atoms with Gasteiger partial charge >= 0.3 is 6.09 Å². The summed E-state index contributed by atoms with van der Waals surface area (Å²) >= 11 is 0. The number of carbonyl (C=O) groups excluding carboxylic acids is 5. The molecule has 1 heterocycles. The van der Waals surface area contributed by atoms with Gasteiger partial charge in [-0.25, -0.2) is 4.79 Å². The number of amides is 3. The molecule has 0 aromatic rings. The fourth-order valence-corrected chi connectivity index (χ4v) is 8.53. The number of ether oxygens (including phenoxy) is 1. The van der Waals surface area contributed by atoms with Crippen LogP contribution in [-0.2, 0) is 23.9 Å². The Bertz CT molecular complexity index is 1080. The molecule has 7 atom stereocenters. The minimum absolute atomic E-state index is 0.00228. The van der Waals surface area contributed by atoms with Gasteiger partial charge in [0.25, 0.3) is 5.91 Å². The van der Waals surface area contributed by atoms with Crippen LogP contribution in [0.15, 0.2) is 0 Å². The van der Waals surface area contributed by atoms with E-state index in [0.717, 1.165) is 38.5 Å². The van der Waals surface area contributed by atoms with Crippen LogP contribution < -0.4 is 11.1 Å². The number of fused-ring (bicyclic) bond motifs is 2. The van der Waals surface area contributed by atoms with E-state index in [0.29, 0.717) is 30.7 Å². The highest BCUT2D eigenvalue weighted by molar-refractivity contribution is 6.36. The molecular weight excluding hydrogens is 522 g/mol. The van der Waals surface area contributed by atoms with E-state index in [2.05, 4.69) is 19.2 Å². The van der Waals surface area contributed by atoms with Gasteiger partial charge in [0.1, 0.15) is 11.6 Å². The van der Waals surface area contributed by atoms with Gasteiger partial charge in [-0.15, -0.1) is 0 Å². The third kappa shape index (κ3) is 6.34. The molecule has 41 heavy (non-hydrogen) atoms. The summed E-state index contributed by atoms with van der Waals surface area (Å²) in [5, 5.41) is 2.94. The van der Waals surface area contributed by atoms with Crippen molar-refractivity contribution in [2.45, 2.75) is 117 Å². The Labute approximate surface area is 244 Å². The lowest BCUT2D eigenvalue weighted by Gasteiger charge is -2.35. The lowest BCUT2D eigenvalue weighted by atomic mass is 9.82. The number of likely N-dealkylation sites (tertiary alicyclic amines) is 1. The van der Waals surface area contributed by atoms with Crippen LogP contribution in [0.4, 0.5) is 4.79 Å². The molecule has 1 aliphatic heterocycles. The van der Waals surface area contributed by atoms with Gasteiger partial charge in [-0.1, -0.05) is 52.4 Å². The summed E-state index contributed by atoms with van der Waals surface area (Å²) in [6.07, 6.45) is 8.28. The van der Waals surface area contributed by atoms with Crippen molar-refractivity contribution >= 4 is 29.5 Å². The van der Waals surface area contributed by atoms with E-state index in [-0.39, 0.29) is 41.3 Å². The average Bonchev–Trinajstić information content (AvgIpc) is 3.63. The molecule has 9 nitrogen and oxygen atoms in total. The molecule has 0 radical (unpaired) electrons. The molecule has 1 saturated heterocycles. The van der Waals surface area contributed by atoms with Crippen LogP contribution >= 0.6 is 0 Å². The van der Waals surface area contributed by atoms with Crippen LogP contribution in [0.25, 0.3) is 0 Å². The number of ketones is 2. The monoisotopic (exact) mass is 571 g/mol. The quantitative estimate of drug-likeness (QED) is 0.380. The average molecular weight is 572 g/mol. The second-order valence-corrected chi connectivity index (χ2v) is 15.3. The van der Waals surface area contributed by atoms with Gasteiger partial charge in [0, 0.05) is 18.9 Å². The SMILES string of the molecule is CC(C)(C)OC(=O)N[C@H](C(=O)N1C[C@H]2[C@@H]([C@H]1C(=O)CC(CC1CC1)C(=O)C(N)=O)C2(C)C)C1CC2CCCCC2C1. The molecule has 0 aromatic carbocycles. The second-order valence-electron chi connectivity index (χ2n) is 15.3. The van der Waals surface area contributed by atoms with Crippen LogP contribution in [0.1, 0.15) is 98.8 Å². The highest BCUT2D eigenvalue weighted by Gasteiger charge is 2.69. The Morgan fingerprint density at radius 2 is 1.61 bits per heavy atom. The molecule has 0 spiro atoms.